The first-order valence-corrected chi connectivity index (χ1v) is 26.0. The molecule has 0 amide bonds. The molecule has 0 unspecified atom stereocenters. The average molecular weight is 895 g/mol. The Bertz CT molecular complexity index is 2650. The van der Waals surface area contributed by atoms with E-state index < -0.39 is 27.9 Å². The van der Waals surface area contributed by atoms with Gasteiger partial charge in [-0.1, -0.05) is 0 Å². The second kappa shape index (κ2) is 20.6. The predicted molar refractivity (Wildman–Crippen MR) is 267 cm³/mol. The van der Waals surface area contributed by atoms with Crippen molar-refractivity contribution < 1.29 is 23.0 Å². The third-order valence-corrected chi connectivity index (χ3v) is 22.1. The van der Waals surface area contributed by atoms with Gasteiger partial charge in [-0.2, -0.15) is 0 Å². The molecule has 0 bridgehead atoms. The molecule has 0 fully saturated rings. The van der Waals surface area contributed by atoms with E-state index in [1.807, 2.05) is 48.5 Å². The number of halogens is 3. The zero-order valence-electron chi connectivity index (χ0n) is 35.2. The van der Waals surface area contributed by atoms with E-state index in [1.54, 1.807) is 7.11 Å². The number of alkyl halides is 2. The van der Waals surface area contributed by atoms with Gasteiger partial charge >= 0.3 is 378 Å². The molecule has 63 heavy (non-hydrogen) atoms. The Morgan fingerprint density at radius 1 is 0.381 bits per heavy atom. The first kappa shape index (κ1) is 43.8. The molecule has 8 aromatic rings. The molecule has 0 aromatic heterocycles. The zero-order chi connectivity index (χ0) is 43.5. The van der Waals surface area contributed by atoms with Crippen LogP contribution in [-0.2, 0) is 12.3 Å². The number of hydrogen-bond donors (Lipinski definition) is 0. The molecule has 8 rings (SSSR count). The Labute approximate surface area is 376 Å². The van der Waals surface area contributed by atoms with Gasteiger partial charge in [-0.05, 0) is 0 Å². The van der Waals surface area contributed by atoms with E-state index in [0.717, 1.165) is 29.2 Å². The van der Waals surface area contributed by atoms with Gasteiger partial charge in [-0.25, -0.2) is 0 Å². The number of ether oxygens (including phenoxy) is 3. The minimum atomic E-state index is -2.73. The van der Waals surface area contributed by atoms with Gasteiger partial charge in [-0.3, -0.25) is 0 Å². The van der Waals surface area contributed by atoms with Crippen LogP contribution in [0.1, 0.15) is 11.1 Å². The minimum absolute atomic E-state index is 0.0249. The van der Waals surface area contributed by atoms with Crippen molar-refractivity contribution >= 4 is 58.0 Å². The van der Waals surface area contributed by atoms with Crippen LogP contribution in [0.25, 0.3) is 11.1 Å². The van der Waals surface area contributed by atoms with Gasteiger partial charge in [0.25, 0.3) is 0 Å². The van der Waals surface area contributed by atoms with Gasteiger partial charge in [-0.15, -0.1) is 0 Å². The van der Waals surface area contributed by atoms with E-state index in [9.17, 15) is 8.78 Å². The molecule has 8 aromatic carbocycles. The van der Waals surface area contributed by atoms with E-state index >= 15 is 0 Å². The Hall–Kier alpha value is -5.83. The van der Waals surface area contributed by atoms with Crippen molar-refractivity contribution in [2.45, 2.75) is 12.3 Å². The van der Waals surface area contributed by atoms with Crippen LogP contribution in [0.4, 0.5) is 8.78 Å². The number of hydrogen-bond acceptors (Lipinski definition) is 3. The van der Waals surface area contributed by atoms with E-state index in [2.05, 4.69) is 158 Å². The average Bonchev–Trinajstić information content (AvgIpc) is 3.35. The molecule has 8 heteroatoms. The summed E-state index contributed by atoms with van der Waals surface area (Å²) >= 11 is 6.39. The first-order chi connectivity index (χ1) is 30.9. The maximum atomic E-state index is 13.0. The van der Waals surface area contributed by atoms with E-state index in [1.165, 1.54) is 43.0 Å². The molecular formula is C55H51ClF2O3P2. The maximum absolute atomic E-state index is 13.0. The molecular weight excluding hydrogens is 844 g/mol. The summed E-state index contributed by atoms with van der Waals surface area (Å²) in [7, 11) is -3.77. The molecule has 0 aliphatic rings. The molecule has 0 heterocycles. The number of methoxy groups -OCH3 is 1. The molecule has 0 saturated heterocycles. The van der Waals surface area contributed by atoms with Crippen LogP contribution < -0.4 is 46.0 Å². The molecule has 0 atom stereocenters. The van der Waals surface area contributed by atoms with E-state index in [-0.39, 0.29) is 13.2 Å². The summed E-state index contributed by atoms with van der Waals surface area (Å²) in [6, 6.07) is 73.0. The fourth-order valence-electron chi connectivity index (χ4n) is 8.89. The quantitative estimate of drug-likeness (QED) is 0.0803. The molecule has 0 aliphatic heterocycles. The standard InChI is InChI=1S/C55H51ClF2O3P2/c1-59-47-22-14-43(15-23-47)41-63(51-10-6-3-7-11-51,55-34-26-49(27-35-55)61-39-37-58)53-30-18-45(19-31-53)44-16-28-52(29-17-44)62(50-8-4-2-5-9-50,40-42-12-20-46(56)21-13-42)54-32-24-48(25-33-54)60-38-36-57/h2-35,62-63H,36-41H2,1H3. The van der Waals surface area contributed by atoms with Crippen LogP contribution in [0.3, 0.4) is 0 Å². The molecule has 3 nitrogen and oxygen atoms in total. The third-order valence-electron chi connectivity index (χ3n) is 12.0. The van der Waals surface area contributed by atoms with Crippen LogP contribution in [0.2, 0.25) is 5.02 Å². The Kier molecular flexibility index (Phi) is 14.3. The van der Waals surface area contributed by atoms with Gasteiger partial charge in [0.2, 0.25) is 0 Å². The van der Waals surface area contributed by atoms with Crippen LogP contribution >= 0.6 is 26.1 Å². The SMILES string of the molecule is COc1ccc(C[PH](c2ccccc2)(c2ccc(OCCF)cc2)c2ccc(-c3ccc([PH](Cc4ccc(Cl)cc4)(c4ccccc4)c4ccc(OCCF)cc4)cc3)cc2)cc1. The van der Waals surface area contributed by atoms with Crippen LogP contribution in [0, 0.1) is 0 Å². The third kappa shape index (κ3) is 9.73. The Morgan fingerprint density at radius 2 is 0.698 bits per heavy atom. The van der Waals surface area contributed by atoms with Crippen molar-refractivity contribution in [3.8, 4) is 28.4 Å². The second-order valence-corrected chi connectivity index (χ2v) is 23.9. The summed E-state index contributed by atoms with van der Waals surface area (Å²) in [4.78, 5) is 0. The Balaban J connectivity index is 1.21. The topological polar surface area (TPSA) is 27.7 Å². The van der Waals surface area contributed by atoms with Crippen molar-refractivity contribution in [3.05, 3.63) is 222 Å². The van der Waals surface area contributed by atoms with Crippen molar-refractivity contribution in [2.24, 2.45) is 0 Å². The monoisotopic (exact) mass is 894 g/mol. The fraction of sp³-hybridized carbons (Fsp3) is 0.127. The van der Waals surface area contributed by atoms with Crippen LogP contribution in [0.5, 0.6) is 17.2 Å². The summed E-state index contributed by atoms with van der Waals surface area (Å²) in [5, 5.41) is 8.30. The van der Waals surface area contributed by atoms with Gasteiger partial charge in [0.15, 0.2) is 0 Å². The number of rotatable bonds is 18. The number of benzene rings is 8. The summed E-state index contributed by atoms with van der Waals surface area (Å²) in [5.74, 6) is 2.13. The van der Waals surface area contributed by atoms with Gasteiger partial charge in [0.05, 0.1) is 0 Å². The van der Waals surface area contributed by atoms with E-state index in [4.69, 9.17) is 25.8 Å². The summed E-state index contributed by atoms with van der Waals surface area (Å²) in [6.45, 7) is -1.03. The van der Waals surface area contributed by atoms with Crippen molar-refractivity contribution in [1.29, 1.82) is 0 Å². The first-order valence-electron chi connectivity index (χ1n) is 21.2. The summed E-state index contributed by atoms with van der Waals surface area (Å²) < 4.78 is 43.0. The predicted octanol–water partition coefficient (Wildman–Crippen LogP) is 11.2. The van der Waals surface area contributed by atoms with Crippen molar-refractivity contribution in [1.82, 2.24) is 0 Å². The summed E-state index contributed by atoms with van der Waals surface area (Å²) in [6.07, 6.45) is 1.64. The molecule has 0 radical (unpaired) electrons. The van der Waals surface area contributed by atoms with Crippen LogP contribution in [-0.4, -0.2) is 33.7 Å². The van der Waals surface area contributed by atoms with Crippen molar-refractivity contribution in [2.75, 3.05) is 33.7 Å². The second-order valence-electron chi connectivity index (χ2n) is 15.6. The fourth-order valence-corrected chi connectivity index (χ4v) is 18.4. The van der Waals surface area contributed by atoms with E-state index in [0.29, 0.717) is 16.5 Å². The molecule has 320 valence electrons. The molecule has 0 aliphatic carbocycles. The van der Waals surface area contributed by atoms with Gasteiger partial charge in [0.1, 0.15) is 0 Å². The molecule has 0 spiro atoms. The van der Waals surface area contributed by atoms with Crippen molar-refractivity contribution in [3.63, 3.8) is 0 Å². The summed E-state index contributed by atoms with van der Waals surface area (Å²) in [5.41, 5.74) is 4.67. The normalized spacial score (nSPS) is 12.1. The molecule has 0 N–H and O–H groups in total. The van der Waals surface area contributed by atoms with Crippen LogP contribution in [0.15, 0.2) is 206 Å². The Morgan fingerprint density at radius 3 is 1.05 bits per heavy atom. The zero-order valence-corrected chi connectivity index (χ0v) is 38.0. The van der Waals surface area contributed by atoms with Gasteiger partial charge < -0.3 is 0 Å². The van der Waals surface area contributed by atoms with Gasteiger partial charge in [0, 0.05) is 0 Å². The molecule has 0 saturated carbocycles.